The lowest BCUT2D eigenvalue weighted by Gasteiger charge is -2.43. The van der Waals surface area contributed by atoms with Gasteiger partial charge in [0.15, 0.2) is 0 Å². The van der Waals surface area contributed by atoms with Gasteiger partial charge in [-0.15, -0.1) is 0 Å². The van der Waals surface area contributed by atoms with Crippen LogP contribution in [0.3, 0.4) is 0 Å². The summed E-state index contributed by atoms with van der Waals surface area (Å²) in [6.45, 7) is 2.63. The molecule has 2 aliphatic rings. The highest BCUT2D eigenvalue weighted by atomic mass is 31.2. The first-order valence-corrected chi connectivity index (χ1v) is 15.4. The molecule has 3 N–H and O–H groups in total. The number of carboxylic acids is 1. The van der Waals surface area contributed by atoms with E-state index in [1.54, 1.807) is 0 Å². The van der Waals surface area contributed by atoms with Crippen LogP contribution in [0, 0.1) is 0 Å². The Balaban J connectivity index is 0.000000612. The van der Waals surface area contributed by atoms with Crippen molar-refractivity contribution in [1.82, 2.24) is 9.80 Å². The number of hydrogen-bond acceptors (Lipinski definition) is 6. The van der Waals surface area contributed by atoms with Crippen molar-refractivity contribution in [3.05, 3.63) is 102 Å². The highest BCUT2D eigenvalue weighted by Crippen LogP contribution is 2.40. The van der Waals surface area contributed by atoms with Crippen LogP contribution in [0.2, 0.25) is 0 Å². The molecule has 0 saturated carbocycles. The summed E-state index contributed by atoms with van der Waals surface area (Å²) in [6.07, 6.45) is 2.39. The number of carbonyl (C=O) groups is 2. The topological polar surface area (TPSA) is 131 Å². The summed E-state index contributed by atoms with van der Waals surface area (Å²) < 4.78 is 13.1. The van der Waals surface area contributed by atoms with E-state index in [2.05, 4.69) is 75.0 Å². The van der Waals surface area contributed by atoms with Crippen molar-refractivity contribution in [2.45, 2.75) is 30.7 Å². The van der Waals surface area contributed by atoms with Crippen molar-refractivity contribution in [3.8, 4) is 0 Å². The number of carboxylic acid groups (broad SMARTS) is 1. The van der Waals surface area contributed by atoms with Crippen LogP contribution in [-0.4, -0.2) is 82.1 Å². The van der Waals surface area contributed by atoms with E-state index in [4.69, 9.17) is 9.79 Å². The zero-order valence-corrected chi connectivity index (χ0v) is 24.6. The summed E-state index contributed by atoms with van der Waals surface area (Å²) in [5.41, 5.74) is 2.94. The molecule has 5 rings (SSSR count). The molecule has 1 spiro atoms. The maximum atomic E-state index is 13.5. The zero-order valence-electron chi connectivity index (χ0n) is 23.7. The lowest BCUT2D eigenvalue weighted by molar-refractivity contribution is -0.144. The molecule has 10 nitrogen and oxygen atoms in total. The second-order valence-corrected chi connectivity index (χ2v) is 11.9. The third-order valence-electron chi connectivity index (χ3n) is 7.97. The van der Waals surface area contributed by atoms with Crippen LogP contribution in [0.5, 0.6) is 0 Å². The minimum absolute atomic E-state index is 0.0557. The fourth-order valence-electron chi connectivity index (χ4n) is 5.84. The highest BCUT2D eigenvalue weighted by Gasteiger charge is 2.53. The van der Waals surface area contributed by atoms with Gasteiger partial charge in [0.05, 0.1) is 6.67 Å². The number of anilines is 1. The van der Waals surface area contributed by atoms with Crippen LogP contribution >= 0.6 is 7.82 Å². The van der Waals surface area contributed by atoms with Gasteiger partial charge < -0.3 is 29.6 Å². The van der Waals surface area contributed by atoms with Crippen molar-refractivity contribution >= 4 is 25.4 Å². The van der Waals surface area contributed by atoms with Gasteiger partial charge in [0.25, 0.3) is 5.91 Å². The number of nitrogens with zero attached hydrogens (tertiary/aromatic N) is 3. The van der Waals surface area contributed by atoms with E-state index < -0.39 is 19.3 Å². The Kier molecular flexibility index (Phi) is 10.5. The van der Waals surface area contributed by atoms with E-state index in [0.29, 0.717) is 25.4 Å². The molecular weight excluding hydrogens is 557 g/mol. The number of likely N-dealkylation sites (tertiary alicyclic amines) is 1. The summed E-state index contributed by atoms with van der Waals surface area (Å²) in [7, 11) is -3.20. The van der Waals surface area contributed by atoms with Gasteiger partial charge in [-0.25, -0.2) is 4.57 Å². The Hall–Kier alpha value is -3.53. The van der Waals surface area contributed by atoms with Crippen LogP contribution in [0.15, 0.2) is 91.0 Å². The molecule has 0 radical (unpaired) electrons. The number of phosphoric acid groups is 1. The molecule has 11 heteroatoms. The molecule has 3 aromatic carbocycles. The molecule has 1 amide bonds. The highest BCUT2D eigenvalue weighted by molar-refractivity contribution is 7.46. The molecule has 2 heterocycles. The Morgan fingerprint density at radius 2 is 1.38 bits per heavy atom. The number of benzene rings is 3. The van der Waals surface area contributed by atoms with Gasteiger partial charge in [-0.1, -0.05) is 78.9 Å². The number of phosphoric ester groups is 1. The van der Waals surface area contributed by atoms with Gasteiger partial charge in [-0.3, -0.25) is 14.1 Å². The molecule has 0 aromatic heterocycles. The van der Waals surface area contributed by atoms with Crippen LogP contribution in [0.4, 0.5) is 5.69 Å². The van der Waals surface area contributed by atoms with E-state index in [9.17, 15) is 19.3 Å². The predicted octanol–water partition coefficient (Wildman–Crippen LogP) is 4.16. The summed E-state index contributed by atoms with van der Waals surface area (Å²) in [5.74, 6) is -0.707. The quantitative estimate of drug-likeness (QED) is 0.312. The van der Waals surface area contributed by atoms with Crippen LogP contribution in [0.25, 0.3) is 0 Å². The third-order valence-corrected chi connectivity index (χ3v) is 8.44. The summed E-state index contributed by atoms with van der Waals surface area (Å²) in [6, 6.07) is 31.2. The lowest BCUT2D eigenvalue weighted by atomic mass is 9.84. The van der Waals surface area contributed by atoms with Gasteiger partial charge in [0.2, 0.25) is 0 Å². The van der Waals surface area contributed by atoms with Crippen molar-refractivity contribution in [1.29, 1.82) is 0 Å². The molecule has 3 aromatic rings. The van der Waals surface area contributed by atoms with E-state index in [-0.39, 0.29) is 12.5 Å². The Labute approximate surface area is 246 Å². The molecule has 2 fully saturated rings. The van der Waals surface area contributed by atoms with Crippen molar-refractivity contribution in [3.63, 3.8) is 0 Å². The number of piperidine rings is 1. The molecule has 224 valence electrons. The van der Waals surface area contributed by atoms with E-state index in [1.807, 2.05) is 30.3 Å². The third kappa shape index (κ3) is 7.85. The van der Waals surface area contributed by atoms with Crippen LogP contribution in [0.1, 0.15) is 36.3 Å². The maximum absolute atomic E-state index is 13.5. The average molecular weight is 596 g/mol. The van der Waals surface area contributed by atoms with Crippen LogP contribution < -0.4 is 4.90 Å². The normalized spacial score (nSPS) is 16.9. The molecule has 0 aliphatic carbocycles. The molecule has 42 heavy (non-hydrogen) atoms. The number of hydrogen-bond donors (Lipinski definition) is 3. The minimum atomic E-state index is -4.15. The van der Waals surface area contributed by atoms with E-state index in [0.717, 1.165) is 38.9 Å². The summed E-state index contributed by atoms with van der Waals surface area (Å²) in [5, 5.41) is 9.37. The van der Waals surface area contributed by atoms with Gasteiger partial charge >= 0.3 is 13.8 Å². The Morgan fingerprint density at radius 3 is 1.83 bits per heavy atom. The first kappa shape index (κ1) is 31.4. The minimum Gasteiger partial charge on any atom is -0.480 e. The number of aliphatic carboxylic acids is 1. The second-order valence-electron chi connectivity index (χ2n) is 10.5. The Morgan fingerprint density at radius 1 is 0.905 bits per heavy atom. The fraction of sp³-hybridized carbons (Fsp3) is 0.355. The molecule has 2 saturated heterocycles. The first-order chi connectivity index (χ1) is 20.1. The second kappa shape index (κ2) is 14.1. The van der Waals surface area contributed by atoms with Gasteiger partial charge in [0.1, 0.15) is 12.1 Å². The number of amides is 1. The molecule has 2 aliphatic heterocycles. The maximum Gasteiger partial charge on any atom is 0.469 e. The summed E-state index contributed by atoms with van der Waals surface area (Å²) in [4.78, 5) is 46.5. The lowest BCUT2D eigenvalue weighted by Crippen LogP contribution is -2.56. The molecule has 0 atom stereocenters. The van der Waals surface area contributed by atoms with Gasteiger partial charge in [0, 0.05) is 31.8 Å². The zero-order chi connectivity index (χ0) is 30.2. The Bertz CT molecular complexity index is 1310. The number of rotatable bonds is 9. The number of para-hydroxylation sites is 1. The average Bonchev–Trinajstić information content (AvgIpc) is 3.25. The van der Waals surface area contributed by atoms with Gasteiger partial charge in [-0.2, -0.15) is 0 Å². The predicted molar refractivity (Wildman–Crippen MR) is 160 cm³/mol. The van der Waals surface area contributed by atoms with Crippen LogP contribution in [-0.2, 0) is 18.7 Å². The molecule has 0 unspecified atom stereocenters. The monoisotopic (exact) mass is 595 g/mol. The SMILES string of the molecule is COP(=O)(O)O.O=C(O)CN1CN(c2ccccc2)C2(CCN(CCC(c3ccccc3)c3ccccc3)CC2)C1=O. The molecule has 0 bridgehead atoms. The molecular formula is C31H38N3O7P. The van der Waals surface area contributed by atoms with E-state index >= 15 is 0 Å². The van der Waals surface area contributed by atoms with E-state index in [1.165, 1.54) is 16.0 Å². The van der Waals surface area contributed by atoms with Crippen molar-refractivity contribution in [2.75, 3.05) is 44.9 Å². The summed E-state index contributed by atoms with van der Waals surface area (Å²) >= 11 is 0. The smallest absolute Gasteiger partial charge is 0.469 e. The standard InChI is InChI=1S/C30H33N3O3.CH5O4P/c34-28(35)22-32-23-33(26-14-8-3-9-15-26)30(29(32)36)17-20-31(21-18-30)19-16-27(24-10-4-1-5-11-24)25-12-6-2-7-13-25;1-5-6(2,3)4/h1-15,27H,16-23H2,(H,34,35);1H3,(H2,2,3,4). The van der Waals surface area contributed by atoms with Crippen molar-refractivity contribution in [2.24, 2.45) is 0 Å². The largest absolute Gasteiger partial charge is 0.480 e. The van der Waals surface area contributed by atoms with Gasteiger partial charge in [-0.05, 0) is 49.1 Å². The number of carbonyl (C=O) groups excluding carboxylic acids is 1. The fourth-order valence-corrected chi connectivity index (χ4v) is 5.84. The van der Waals surface area contributed by atoms with Crippen molar-refractivity contribution < 1.29 is 33.6 Å². The first-order valence-electron chi connectivity index (χ1n) is 13.9.